The van der Waals surface area contributed by atoms with Gasteiger partial charge in [-0.05, 0) is 25.1 Å². The van der Waals surface area contributed by atoms with E-state index in [4.69, 9.17) is 5.11 Å². The third kappa shape index (κ3) is 1.46. The Bertz CT molecular complexity index is 413. The summed E-state index contributed by atoms with van der Waals surface area (Å²) in [6.07, 6.45) is 1.75. The predicted molar refractivity (Wildman–Crippen MR) is 54.1 cm³/mol. The third-order valence-corrected chi connectivity index (χ3v) is 2.10. The van der Waals surface area contributed by atoms with Crippen LogP contribution in [-0.4, -0.2) is 23.5 Å². The van der Waals surface area contributed by atoms with Crippen molar-refractivity contribution >= 4 is 17.9 Å². The first-order chi connectivity index (χ1) is 6.66. The number of benzene rings is 1. The molecule has 0 radical (unpaired) electrons. The van der Waals surface area contributed by atoms with E-state index in [0.717, 1.165) is 11.3 Å². The molecule has 1 aromatic rings. The first-order valence-electron chi connectivity index (χ1n) is 4.34. The lowest BCUT2D eigenvalue weighted by Gasteiger charge is -2.18. The molecule has 0 amide bonds. The van der Waals surface area contributed by atoms with Gasteiger partial charge in [-0.25, -0.2) is 4.79 Å². The quantitative estimate of drug-likeness (QED) is 0.706. The highest BCUT2D eigenvalue weighted by atomic mass is 16.4. The molecular weight excluding hydrogens is 180 g/mol. The summed E-state index contributed by atoms with van der Waals surface area (Å²) in [4.78, 5) is 14.8. The average Bonchev–Trinajstić information content (AvgIpc) is 2.16. The molecule has 14 heavy (non-hydrogen) atoms. The minimum absolute atomic E-state index is 0.0539. The average molecular weight is 190 g/mol. The highest BCUT2D eigenvalue weighted by molar-refractivity contribution is 5.95. The number of aromatic carboxylic acids is 1. The Morgan fingerprint density at radius 3 is 3.07 bits per heavy atom. The van der Waals surface area contributed by atoms with Gasteiger partial charge in [0, 0.05) is 17.5 Å². The number of fused-ring (bicyclic) bond motifs is 1. The highest BCUT2D eigenvalue weighted by Gasteiger charge is 2.11. The molecule has 0 bridgehead atoms. The van der Waals surface area contributed by atoms with Crippen LogP contribution < -0.4 is 5.32 Å². The number of nitrogens with one attached hydrogen (secondary N) is 1. The molecule has 1 aliphatic rings. The van der Waals surface area contributed by atoms with Gasteiger partial charge < -0.3 is 10.4 Å². The molecule has 1 aliphatic heterocycles. The van der Waals surface area contributed by atoms with Gasteiger partial charge in [0.05, 0.1) is 5.56 Å². The minimum Gasteiger partial charge on any atom is -0.478 e. The fourth-order valence-corrected chi connectivity index (χ4v) is 1.39. The van der Waals surface area contributed by atoms with Gasteiger partial charge in [-0.2, -0.15) is 0 Å². The summed E-state index contributed by atoms with van der Waals surface area (Å²) in [6, 6.07) is 4.96. The lowest BCUT2D eigenvalue weighted by molar-refractivity contribution is 0.0697. The standard InChI is InChI=1S/C10H10N2O2/c1-6-11-5-8-4-7(10(13)14)2-3-9(8)12-6/h2-6,12H,1H3,(H,13,14). The molecule has 0 aliphatic carbocycles. The number of nitrogens with zero attached hydrogens (tertiary/aromatic N) is 1. The summed E-state index contributed by atoms with van der Waals surface area (Å²) in [5, 5.41) is 11.9. The Morgan fingerprint density at radius 2 is 2.36 bits per heavy atom. The van der Waals surface area contributed by atoms with Crippen LogP contribution >= 0.6 is 0 Å². The predicted octanol–water partition coefficient (Wildman–Crippen LogP) is 1.58. The number of carboxylic acids is 1. The second-order valence-corrected chi connectivity index (χ2v) is 3.21. The number of hydrogen-bond acceptors (Lipinski definition) is 3. The molecule has 1 atom stereocenters. The minimum atomic E-state index is -0.917. The van der Waals surface area contributed by atoms with Crippen molar-refractivity contribution in [2.24, 2.45) is 4.99 Å². The topological polar surface area (TPSA) is 61.7 Å². The maximum Gasteiger partial charge on any atom is 0.335 e. The molecule has 0 aromatic heterocycles. The van der Waals surface area contributed by atoms with Crippen LogP contribution in [-0.2, 0) is 0 Å². The summed E-state index contributed by atoms with van der Waals surface area (Å²) < 4.78 is 0. The number of carboxylic acid groups (broad SMARTS) is 1. The van der Waals surface area contributed by atoms with Crippen LogP contribution in [0.15, 0.2) is 23.2 Å². The van der Waals surface area contributed by atoms with E-state index >= 15 is 0 Å². The first-order valence-corrected chi connectivity index (χ1v) is 4.34. The van der Waals surface area contributed by atoms with Crippen molar-refractivity contribution in [2.45, 2.75) is 13.1 Å². The first kappa shape index (κ1) is 8.74. The number of anilines is 1. The van der Waals surface area contributed by atoms with Gasteiger partial charge >= 0.3 is 5.97 Å². The van der Waals surface area contributed by atoms with Crippen LogP contribution in [0.25, 0.3) is 0 Å². The summed E-state index contributed by atoms with van der Waals surface area (Å²) >= 11 is 0. The molecule has 4 heteroatoms. The Labute approximate surface area is 81.3 Å². The normalized spacial score (nSPS) is 18.5. The van der Waals surface area contributed by atoms with E-state index in [2.05, 4.69) is 10.3 Å². The van der Waals surface area contributed by atoms with Crippen LogP contribution in [0, 0.1) is 0 Å². The van der Waals surface area contributed by atoms with E-state index in [1.165, 1.54) is 0 Å². The number of rotatable bonds is 1. The summed E-state index contributed by atoms with van der Waals surface area (Å²) in [5.74, 6) is -0.917. The highest BCUT2D eigenvalue weighted by Crippen LogP contribution is 2.20. The van der Waals surface area contributed by atoms with Gasteiger partial charge in [0.2, 0.25) is 0 Å². The molecule has 0 spiro atoms. The van der Waals surface area contributed by atoms with Crippen molar-refractivity contribution in [1.29, 1.82) is 0 Å². The molecule has 1 heterocycles. The largest absolute Gasteiger partial charge is 0.478 e. The van der Waals surface area contributed by atoms with Crippen LogP contribution in [0.1, 0.15) is 22.8 Å². The molecule has 2 N–H and O–H groups in total. The second kappa shape index (κ2) is 3.14. The van der Waals surface area contributed by atoms with Gasteiger partial charge in [-0.3, -0.25) is 4.99 Å². The second-order valence-electron chi connectivity index (χ2n) is 3.21. The van der Waals surface area contributed by atoms with Gasteiger partial charge in [0.1, 0.15) is 6.17 Å². The number of hydrogen-bond donors (Lipinski definition) is 2. The van der Waals surface area contributed by atoms with Gasteiger partial charge in [0.25, 0.3) is 0 Å². The maximum atomic E-state index is 10.7. The maximum absolute atomic E-state index is 10.7. The molecule has 1 aromatic carbocycles. The zero-order valence-corrected chi connectivity index (χ0v) is 7.69. The Hall–Kier alpha value is -1.84. The lowest BCUT2D eigenvalue weighted by Crippen LogP contribution is -2.18. The molecular formula is C10H10N2O2. The SMILES string of the molecule is CC1N=Cc2cc(C(=O)O)ccc2N1. The van der Waals surface area contributed by atoms with Crippen molar-refractivity contribution in [3.05, 3.63) is 29.3 Å². The van der Waals surface area contributed by atoms with E-state index in [1.807, 2.05) is 6.92 Å². The van der Waals surface area contributed by atoms with Gasteiger partial charge in [-0.1, -0.05) is 0 Å². The van der Waals surface area contributed by atoms with Crippen LogP contribution in [0.2, 0.25) is 0 Å². The summed E-state index contributed by atoms with van der Waals surface area (Å²) in [5.41, 5.74) is 2.03. The zero-order chi connectivity index (χ0) is 10.1. The smallest absolute Gasteiger partial charge is 0.335 e. The van der Waals surface area contributed by atoms with E-state index in [9.17, 15) is 4.79 Å². The summed E-state index contributed by atoms with van der Waals surface area (Å²) in [6.45, 7) is 1.94. The molecule has 1 unspecified atom stereocenters. The zero-order valence-electron chi connectivity index (χ0n) is 7.69. The monoisotopic (exact) mass is 190 g/mol. The van der Waals surface area contributed by atoms with Crippen molar-refractivity contribution < 1.29 is 9.90 Å². The Morgan fingerprint density at radius 1 is 1.57 bits per heavy atom. The number of carbonyl (C=O) groups is 1. The number of aliphatic imine (C=N–C) groups is 1. The van der Waals surface area contributed by atoms with Gasteiger partial charge in [-0.15, -0.1) is 0 Å². The van der Waals surface area contributed by atoms with Crippen LogP contribution in [0.5, 0.6) is 0 Å². The molecule has 0 saturated carbocycles. The molecule has 0 fully saturated rings. The lowest BCUT2D eigenvalue weighted by atomic mass is 10.1. The van der Waals surface area contributed by atoms with Crippen molar-refractivity contribution in [1.82, 2.24) is 0 Å². The van der Waals surface area contributed by atoms with Crippen molar-refractivity contribution in [3.8, 4) is 0 Å². The van der Waals surface area contributed by atoms with E-state index in [0.29, 0.717) is 0 Å². The summed E-state index contributed by atoms with van der Waals surface area (Å²) in [7, 11) is 0. The molecule has 4 nitrogen and oxygen atoms in total. The fourth-order valence-electron chi connectivity index (χ4n) is 1.39. The Balaban J connectivity index is 2.44. The van der Waals surface area contributed by atoms with Crippen LogP contribution in [0.4, 0.5) is 5.69 Å². The van der Waals surface area contributed by atoms with E-state index in [1.54, 1.807) is 24.4 Å². The van der Waals surface area contributed by atoms with E-state index in [-0.39, 0.29) is 11.7 Å². The third-order valence-electron chi connectivity index (χ3n) is 2.10. The van der Waals surface area contributed by atoms with Crippen LogP contribution in [0.3, 0.4) is 0 Å². The molecule has 0 saturated heterocycles. The molecule has 72 valence electrons. The van der Waals surface area contributed by atoms with Crippen molar-refractivity contribution in [2.75, 3.05) is 5.32 Å². The van der Waals surface area contributed by atoms with E-state index < -0.39 is 5.97 Å². The van der Waals surface area contributed by atoms with Crippen molar-refractivity contribution in [3.63, 3.8) is 0 Å². The fraction of sp³-hybridized carbons (Fsp3) is 0.200. The van der Waals surface area contributed by atoms with Gasteiger partial charge in [0.15, 0.2) is 0 Å². The molecule has 2 rings (SSSR count). The Kier molecular flexibility index (Phi) is 1.96.